The monoisotopic (exact) mass is 236 g/mol. The number of piperidine rings is 1. The molecule has 0 bridgehead atoms. The quantitative estimate of drug-likeness (QED) is 0.867. The number of hydrogen-bond donors (Lipinski definition) is 1. The van der Waals surface area contributed by atoms with E-state index in [-0.39, 0.29) is 11.9 Å². The molecule has 3 heteroatoms. The predicted octanol–water partition coefficient (Wildman–Crippen LogP) is 2.57. The third kappa shape index (κ3) is 2.85. The summed E-state index contributed by atoms with van der Waals surface area (Å²) < 4.78 is 13.9. The second-order valence-corrected chi connectivity index (χ2v) is 4.99. The van der Waals surface area contributed by atoms with Gasteiger partial charge in [-0.15, -0.1) is 0 Å². The van der Waals surface area contributed by atoms with E-state index in [4.69, 9.17) is 0 Å². The van der Waals surface area contributed by atoms with Gasteiger partial charge in [0.25, 0.3) is 0 Å². The molecule has 1 saturated heterocycles. The lowest BCUT2D eigenvalue weighted by Crippen LogP contribution is -2.44. The third-order valence-corrected chi connectivity index (χ3v) is 3.51. The van der Waals surface area contributed by atoms with Crippen LogP contribution < -0.4 is 5.32 Å². The van der Waals surface area contributed by atoms with Crippen molar-refractivity contribution >= 4 is 0 Å². The van der Waals surface area contributed by atoms with Crippen molar-refractivity contribution in [3.05, 3.63) is 35.6 Å². The summed E-state index contributed by atoms with van der Waals surface area (Å²) in [5, 5.41) is 3.52. The van der Waals surface area contributed by atoms with E-state index in [1.165, 1.54) is 12.8 Å². The SMILES string of the molecule is CN(C)C(c1ccccc1F)C1CCCCN1. The molecular weight excluding hydrogens is 215 g/mol. The molecule has 1 aliphatic rings. The fourth-order valence-corrected chi connectivity index (χ4v) is 2.72. The minimum Gasteiger partial charge on any atom is -0.312 e. The molecule has 1 N–H and O–H groups in total. The van der Waals surface area contributed by atoms with E-state index >= 15 is 0 Å². The first kappa shape index (κ1) is 12.5. The number of nitrogens with one attached hydrogen (secondary N) is 1. The van der Waals surface area contributed by atoms with Crippen molar-refractivity contribution in [1.82, 2.24) is 10.2 Å². The highest BCUT2D eigenvalue weighted by atomic mass is 19.1. The Bertz CT molecular complexity index is 359. The number of hydrogen-bond acceptors (Lipinski definition) is 2. The maximum atomic E-state index is 13.9. The van der Waals surface area contributed by atoms with Gasteiger partial charge >= 0.3 is 0 Å². The summed E-state index contributed by atoms with van der Waals surface area (Å²) in [6.45, 7) is 1.05. The second kappa shape index (κ2) is 5.61. The van der Waals surface area contributed by atoms with Crippen molar-refractivity contribution in [2.24, 2.45) is 0 Å². The first-order valence-electron chi connectivity index (χ1n) is 6.34. The Morgan fingerprint density at radius 1 is 1.29 bits per heavy atom. The zero-order chi connectivity index (χ0) is 12.3. The highest BCUT2D eigenvalue weighted by Crippen LogP contribution is 2.28. The fourth-order valence-electron chi connectivity index (χ4n) is 2.72. The number of nitrogens with zero attached hydrogens (tertiary/aromatic N) is 1. The van der Waals surface area contributed by atoms with Crippen molar-refractivity contribution in [1.29, 1.82) is 0 Å². The van der Waals surface area contributed by atoms with Crippen LogP contribution in [0.1, 0.15) is 30.9 Å². The fraction of sp³-hybridized carbons (Fsp3) is 0.571. The molecule has 0 radical (unpaired) electrons. The molecule has 2 rings (SSSR count). The largest absolute Gasteiger partial charge is 0.312 e. The lowest BCUT2D eigenvalue weighted by molar-refractivity contribution is 0.200. The van der Waals surface area contributed by atoms with Crippen LogP contribution in [0.2, 0.25) is 0 Å². The van der Waals surface area contributed by atoms with Gasteiger partial charge in [-0.25, -0.2) is 4.39 Å². The maximum Gasteiger partial charge on any atom is 0.128 e. The van der Waals surface area contributed by atoms with Gasteiger partial charge in [0.2, 0.25) is 0 Å². The number of rotatable bonds is 3. The average Bonchev–Trinajstić information content (AvgIpc) is 2.33. The first-order chi connectivity index (χ1) is 8.20. The van der Waals surface area contributed by atoms with Gasteiger partial charge in [-0.1, -0.05) is 24.6 Å². The van der Waals surface area contributed by atoms with Crippen LogP contribution in [-0.4, -0.2) is 31.6 Å². The van der Waals surface area contributed by atoms with E-state index in [1.807, 2.05) is 26.2 Å². The van der Waals surface area contributed by atoms with E-state index in [1.54, 1.807) is 12.1 Å². The van der Waals surface area contributed by atoms with E-state index in [9.17, 15) is 4.39 Å². The highest BCUT2D eigenvalue weighted by molar-refractivity contribution is 5.23. The molecular formula is C14H21FN2. The van der Waals surface area contributed by atoms with Gasteiger partial charge in [0.05, 0.1) is 6.04 Å². The molecule has 1 aromatic rings. The number of benzene rings is 1. The summed E-state index contributed by atoms with van der Waals surface area (Å²) in [6.07, 6.45) is 3.58. The second-order valence-electron chi connectivity index (χ2n) is 4.99. The van der Waals surface area contributed by atoms with Crippen molar-refractivity contribution < 1.29 is 4.39 Å². The third-order valence-electron chi connectivity index (χ3n) is 3.51. The molecule has 2 nitrogen and oxygen atoms in total. The molecule has 1 aliphatic heterocycles. The molecule has 1 heterocycles. The normalized spacial score (nSPS) is 22.7. The van der Waals surface area contributed by atoms with Crippen molar-refractivity contribution in [3.63, 3.8) is 0 Å². The summed E-state index contributed by atoms with van der Waals surface area (Å²) >= 11 is 0. The smallest absolute Gasteiger partial charge is 0.128 e. The zero-order valence-corrected chi connectivity index (χ0v) is 10.6. The molecule has 0 aliphatic carbocycles. The molecule has 0 aromatic heterocycles. The minimum absolute atomic E-state index is 0.0985. The molecule has 0 saturated carbocycles. The standard InChI is InChI=1S/C14H21FN2/c1-17(2)14(13-9-5-6-10-16-13)11-7-3-4-8-12(11)15/h3-4,7-8,13-14,16H,5-6,9-10H2,1-2H3. The number of likely N-dealkylation sites (N-methyl/N-ethyl adjacent to an activating group) is 1. The van der Waals surface area contributed by atoms with Crippen molar-refractivity contribution in [2.75, 3.05) is 20.6 Å². The highest BCUT2D eigenvalue weighted by Gasteiger charge is 2.28. The van der Waals surface area contributed by atoms with Crippen LogP contribution in [0.3, 0.4) is 0 Å². The molecule has 1 fully saturated rings. The Kier molecular flexibility index (Phi) is 4.13. The van der Waals surface area contributed by atoms with E-state index in [2.05, 4.69) is 10.2 Å². The van der Waals surface area contributed by atoms with Crippen LogP contribution in [0.5, 0.6) is 0 Å². The van der Waals surface area contributed by atoms with Crippen LogP contribution in [0.25, 0.3) is 0 Å². The van der Waals surface area contributed by atoms with Crippen molar-refractivity contribution in [2.45, 2.75) is 31.3 Å². The van der Waals surface area contributed by atoms with Gasteiger partial charge in [-0.05, 0) is 39.5 Å². The Labute approximate surface area is 103 Å². The van der Waals surface area contributed by atoms with E-state index < -0.39 is 0 Å². The van der Waals surface area contributed by atoms with E-state index in [0.29, 0.717) is 6.04 Å². The van der Waals surface area contributed by atoms with Crippen LogP contribution >= 0.6 is 0 Å². The predicted molar refractivity (Wildman–Crippen MR) is 68.5 cm³/mol. The Morgan fingerprint density at radius 3 is 2.65 bits per heavy atom. The van der Waals surface area contributed by atoms with Gasteiger partial charge in [0.1, 0.15) is 5.82 Å². The summed E-state index contributed by atoms with van der Waals surface area (Å²) in [5.74, 6) is -0.0985. The lowest BCUT2D eigenvalue weighted by atomic mass is 9.91. The summed E-state index contributed by atoms with van der Waals surface area (Å²) in [7, 11) is 4.04. The molecule has 17 heavy (non-hydrogen) atoms. The first-order valence-corrected chi connectivity index (χ1v) is 6.34. The molecule has 0 amide bonds. The summed E-state index contributed by atoms with van der Waals surface area (Å²) in [5.41, 5.74) is 0.803. The minimum atomic E-state index is -0.0985. The van der Waals surface area contributed by atoms with Gasteiger partial charge in [0.15, 0.2) is 0 Å². The summed E-state index contributed by atoms with van der Waals surface area (Å²) in [4.78, 5) is 2.11. The zero-order valence-electron chi connectivity index (χ0n) is 10.6. The Balaban J connectivity index is 2.25. The van der Waals surface area contributed by atoms with Crippen molar-refractivity contribution in [3.8, 4) is 0 Å². The van der Waals surface area contributed by atoms with Gasteiger partial charge in [-0.2, -0.15) is 0 Å². The lowest BCUT2D eigenvalue weighted by Gasteiger charge is -2.36. The van der Waals surface area contributed by atoms with Crippen LogP contribution in [-0.2, 0) is 0 Å². The van der Waals surface area contributed by atoms with Gasteiger partial charge < -0.3 is 10.2 Å². The van der Waals surface area contributed by atoms with E-state index in [0.717, 1.165) is 18.5 Å². The average molecular weight is 236 g/mol. The van der Waals surface area contributed by atoms with Gasteiger partial charge in [0, 0.05) is 11.6 Å². The molecule has 2 unspecified atom stereocenters. The van der Waals surface area contributed by atoms with Crippen LogP contribution in [0.15, 0.2) is 24.3 Å². The summed E-state index contributed by atoms with van der Waals surface area (Å²) in [6, 6.07) is 7.59. The molecule has 0 spiro atoms. The van der Waals surface area contributed by atoms with Gasteiger partial charge in [-0.3, -0.25) is 0 Å². The maximum absolute atomic E-state index is 13.9. The topological polar surface area (TPSA) is 15.3 Å². The Morgan fingerprint density at radius 2 is 2.06 bits per heavy atom. The Hall–Kier alpha value is -0.930. The van der Waals surface area contributed by atoms with Crippen LogP contribution in [0.4, 0.5) is 4.39 Å². The molecule has 94 valence electrons. The number of halogens is 1. The molecule has 1 aromatic carbocycles. The van der Waals surface area contributed by atoms with Crippen LogP contribution in [0, 0.1) is 5.82 Å². The molecule has 2 atom stereocenters.